The molecule has 2 aromatic carbocycles. The summed E-state index contributed by atoms with van der Waals surface area (Å²) >= 11 is 5.17. The zero-order valence-corrected chi connectivity index (χ0v) is 13.2. The molecule has 7 heteroatoms. The van der Waals surface area contributed by atoms with Crippen LogP contribution >= 0.6 is 12.2 Å². The summed E-state index contributed by atoms with van der Waals surface area (Å²) in [6.07, 6.45) is 0. The van der Waals surface area contributed by atoms with E-state index < -0.39 is 0 Å². The summed E-state index contributed by atoms with van der Waals surface area (Å²) in [4.78, 5) is 12.2. The van der Waals surface area contributed by atoms with E-state index in [9.17, 15) is 4.79 Å². The molecule has 0 fully saturated rings. The maximum absolute atomic E-state index is 12.2. The molecule has 0 aliphatic carbocycles. The number of H-pyrrole nitrogens is 1. The Kier molecular flexibility index (Phi) is 4.20. The molecule has 3 rings (SSSR count). The standard InChI is InChI=1S/C16H15N5OS/c1-10-6-2-4-8-12(10)17-16(23)21-20-15(22)14-11-7-3-5-9-13(11)18-19-14/h2-9H,1H3,(H,18,19)(H,20,22)(H2,17,21,23). The molecular formula is C16H15N5OS. The van der Waals surface area contributed by atoms with Crippen molar-refractivity contribution in [2.45, 2.75) is 6.92 Å². The van der Waals surface area contributed by atoms with Gasteiger partial charge in [0.05, 0.1) is 5.52 Å². The lowest BCUT2D eigenvalue weighted by molar-refractivity contribution is 0.0940. The summed E-state index contributed by atoms with van der Waals surface area (Å²) in [5.74, 6) is -0.364. The predicted octanol–water partition coefficient (Wildman–Crippen LogP) is 2.50. The van der Waals surface area contributed by atoms with Crippen molar-refractivity contribution >= 4 is 39.8 Å². The van der Waals surface area contributed by atoms with E-state index in [2.05, 4.69) is 26.4 Å². The third-order valence-electron chi connectivity index (χ3n) is 3.37. The van der Waals surface area contributed by atoms with Gasteiger partial charge < -0.3 is 5.32 Å². The summed E-state index contributed by atoms with van der Waals surface area (Å²) in [6.45, 7) is 1.97. The van der Waals surface area contributed by atoms with E-state index in [4.69, 9.17) is 12.2 Å². The smallest absolute Gasteiger partial charge is 0.290 e. The molecule has 0 radical (unpaired) electrons. The van der Waals surface area contributed by atoms with E-state index in [0.29, 0.717) is 10.8 Å². The number of aromatic amines is 1. The van der Waals surface area contributed by atoms with Crippen LogP contribution in [-0.4, -0.2) is 21.2 Å². The minimum absolute atomic E-state index is 0.299. The lowest BCUT2D eigenvalue weighted by atomic mass is 10.2. The molecule has 0 aliphatic heterocycles. The topological polar surface area (TPSA) is 81.8 Å². The second-order valence-electron chi connectivity index (χ2n) is 4.97. The number of hydrogen-bond acceptors (Lipinski definition) is 3. The summed E-state index contributed by atoms with van der Waals surface area (Å²) in [5.41, 5.74) is 8.27. The zero-order valence-electron chi connectivity index (χ0n) is 12.4. The van der Waals surface area contributed by atoms with Crippen molar-refractivity contribution in [3.8, 4) is 0 Å². The Balaban J connectivity index is 1.63. The molecule has 3 aromatic rings. The number of hydrogen-bond donors (Lipinski definition) is 4. The van der Waals surface area contributed by atoms with Crippen LogP contribution in [0.1, 0.15) is 16.1 Å². The van der Waals surface area contributed by atoms with Gasteiger partial charge in [-0.25, -0.2) is 0 Å². The van der Waals surface area contributed by atoms with Gasteiger partial charge in [0, 0.05) is 11.1 Å². The van der Waals surface area contributed by atoms with Gasteiger partial charge in [-0.3, -0.25) is 20.7 Å². The predicted molar refractivity (Wildman–Crippen MR) is 94.1 cm³/mol. The molecule has 6 nitrogen and oxygen atoms in total. The summed E-state index contributed by atoms with van der Waals surface area (Å²) in [6, 6.07) is 15.2. The van der Waals surface area contributed by atoms with Crippen molar-refractivity contribution < 1.29 is 4.79 Å². The number of nitrogens with one attached hydrogen (secondary N) is 4. The van der Waals surface area contributed by atoms with Crippen molar-refractivity contribution in [1.29, 1.82) is 0 Å². The Morgan fingerprint density at radius 3 is 2.65 bits per heavy atom. The van der Waals surface area contributed by atoms with Gasteiger partial charge in [-0.15, -0.1) is 0 Å². The number of anilines is 1. The molecule has 0 bridgehead atoms. The molecule has 23 heavy (non-hydrogen) atoms. The van der Waals surface area contributed by atoms with Gasteiger partial charge in [0.15, 0.2) is 10.8 Å². The largest absolute Gasteiger partial charge is 0.331 e. The van der Waals surface area contributed by atoms with Crippen LogP contribution in [0.15, 0.2) is 48.5 Å². The van der Waals surface area contributed by atoms with Gasteiger partial charge in [0.1, 0.15) is 0 Å². The summed E-state index contributed by atoms with van der Waals surface area (Å²) < 4.78 is 0. The normalized spacial score (nSPS) is 10.3. The first-order valence-electron chi connectivity index (χ1n) is 7.01. The number of carbonyl (C=O) groups is 1. The third-order valence-corrected chi connectivity index (χ3v) is 3.57. The highest BCUT2D eigenvalue weighted by Gasteiger charge is 2.13. The van der Waals surface area contributed by atoms with Crippen LogP contribution in [0, 0.1) is 6.92 Å². The first kappa shape index (κ1) is 15.0. The SMILES string of the molecule is Cc1ccccc1NC(=S)NNC(=O)c1n[nH]c2ccccc12. The van der Waals surface area contributed by atoms with E-state index in [1.54, 1.807) is 0 Å². The highest BCUT2D eigenvalue weighted by Crippen LogP contribution is 2.15. The highest BCUT2D eigenvalue weighted by molar-refractivity contribution is 7.80. The summed E-state index contributed by atoms with van der Waals surface area (Å²) in [7, 11) is 0. The molecule has 1 amide bonds. The van der Waals surface area contributed by atoms with Gasteiger partial charge >= 0.3 is 0 Å². The van der Waals surface area contributed by atoms with Gasteiger partial charge in [-0.2, -0.15) is 5.10 Å². The van der Waals surface area contributed by atoms with Crippen LogP contribution in [0.25, 0.3) is 10.9 Å². The quantitative estimate of drug-likeness (QED) is 0.430. The molecule has 0 saturated carbocycles. The number of fused-ring (bicyclic) bond motifs is 1. The monoisotopic (exact) mass is 325 g/mol. The number of benzene rings is 2. The van der Waals surface area contributed by atoms with Crippen LogP contribution in [0.4, 0.5) is 5.69 Å². The third kappa shape index (κ3) is 3.29. The van der Waals surface area contributed by atoms with Crippen LogP contribution in [0.2, 0.25) is 0 Å². The number of hydrazine groups is 1. The Labute approximate surface area is 138 Å². The molecular weight excluding hydrogens is 310 g/mol. The highest BCUT2D eigenvalue weighted by atomic mass is 32.1. The Morgan fingerprint density at radius 1 is 1.09 bits per heavy atom. The van der Waals surface area contributed by atoms with E-state index in [1.165, 1.54) is 0 Å². The zero-order chi connectivity index (χ0) is 16.2. The number of nitrogens with zero attached hydrogens (tertiary/aromatic N) is 1. The maximum Gasteiger partial charge on any atom is 0.290 e. The summed E-state index contributed by atoms with van der Waals surface area (Å²) in [5, 5.41) is 10.9. The Morgan fingerprint density at radius 2 is 1.83 bits per heavy atom. The fourth-order valence-corrected chi connectivity index (χ4v) is 2.34. The molecule has 0 spiro atoms. The van der Waals surface area contributed by atoms with E-state index in [-0.39, 0.29) is 5.91 Å². The van der Waals surface area contributed by atoms with Gasteiger partial charge in [0.25, 0.3) is 5.91 Å². The van der Waals surface area contributed by atoms with Gasteiger partial charge in [-0.05, 0) is 36.8 Å². The molecule has 116 valence electrons. The van der Waals surface area contributed by atoms with E-state index >= 15 is 0 Å². The van der Waals surface area contributed by atoms with Crippen LogP contribution in [-0.2, 0) is 0 Å². The average Bonchev–Trinajstić information content (AvgIpc) is 2.99. The Bertz CT molecular complexity index is 874. The van der Waals surface area contributed by atoms with Crippen LogP contribution < -0.4 is 16.2 Å². The molecule has 0 atom stereocenters. The van der Waals surface area contributed by atoms with E-state index in [1.807, 2.05) is 55.5 Å². The van der Waals surface area contributed by atoms with Crippen LogP contribution in [0.3, 0.4) is 0 Å². The number of carbonyl (C=O) groups excluding carboxylic acids is 1. The first-order valence-corrected chi connectivity index (χ1v) is 7.42. The minimum atomic E-state index is -0.364. The number of aryl methyl sites for hydroxylation is 1. The number of para-hydroxylation sites is 2. The maximum atomic E-state index is 12.2. The molecule has 0 aliphatic rings. The molecule has 1 heterocycles. The molecule has 4 N–H and O–H groups in total. The van der Waals surface area contributed by atoms with Crippen molar-refractivity contribution in [1.82, 2.24) is 21.0 Å². The lowest BCUT2D eigenvalue weighted by Crippen LogP contribution is -2.44. The van der Waals surface area contributed by atoms with Crippen molar-refractivity contribution in [3.63, 3.8) is 0 Å². The van der Waals surface area contributed by atoms with E-state index in [0.717, 1.165) is 22.2 Å². The van der Waals surface area contributed by atoms with Gasteiger partial charge in [0.2, 0.25) is 0 Å². The number of thiocarbonyl (C=S) groups is 1. The second-order valence-corrected chi connectivity index (χ2v) is 5.37. The van der Waals surface area contributed by atoms with Crippen molar-refractivity contribution in [2.24, 2.45) is 0 Å². The fraction of sp³-hybridized carbons (Fsp3) is 0.0625. The number of aromatic nitrogens is 2. The van der Waals surface area contributed by atoms with Crippen molar-refractivity contribution in [2.75, 3.05) is 5.32 Å². The van der Waals surface area contributed by atoms with Crippen LogP contribution in [0.5, 0.6) is 0 Å². The Hall–Kier alpha value is -2.93. The average molecular weight is 325 g/mol. The lowest BCUT2D eigenvalue weighted by Gasteiger charge is -2.12. The van der Waals surface area contributed by atoms with Crippen molar-refractivity contribution in [3.05, 3.63) is 59.8 Å². The fourth-order valence-electron chi connectivity index (χ4n) is 2.18. The molecule has 1 aromatic heterocycles. The first-order chi connectivity index (χ1) is 11.1. The number of amides is 1. The molecule has 0 unspecified atom stereocenters. The second kappa shape index (κ2) is 6.45. The number of rotatable bonds is 2. The molecule has 0 saturated heterocycles. The van der Waals surface area contributed by atoms with Gasteiger partial charge in [-0.1, -0.05) is 36.4 Å². The minimum Gasteiger partial charge on any atom is -0.331 e.